The van der Waals surface area contributed by atoms with Gasteiger partial charge in [0.2, 0.25) is 11.8 Å². The Morgan fingerprint density at radius 1 is 1.43 bits per heavy atom. The van der Waals surface area contributed by atoms with Crippen molar-refractivity contribution in [1.82, 2.24) is 10.3 Å². The highest BCUT2D eigenvalue weighted by atomic mass is 32.2. The van der Waals surface area contributed by atoms with E-state index in [0.717, 1.165) is 10.7 Å². The van der Waals surface area contributed by atoms with Crippen molar-refractivity contribution in [2.75, 3.05) is 11.4 Å². The van der Waals surface area contributed by atoms with Crippen LogP contribution in [0.3, 0.4) is 0 Å². The van der Waals surface area contributed by atoms with Crippen LogP contribution in [0, 0.1) is 0 Å². The van der Waals surface area contributed by atoms with Crippen molar-refractivity contribution in [3.63, 3.8) is 0 Å². The Bertz CT molecular complexity index is 702. The fraction of sp³-hybridized carbons (Fsp3) is 0.312. The molecule has 1 unspecified atom stereocenters. The van der Waals surface area contributed by atoms with E-state index in [2.05, 4.69) is 10.3 Å². The highest BCUT2D eigenvalue weighted by molar-refractivity contribution is 8.00. The Balaban J connectivity index is 1.66. The van der Waals surface area contributed by atoms with Gasteiger partial charge in [-0.2, -0.15) is 0 Å². The van der Waals surface area contributed by atoms with Gasteiger partial charge in [-0.15, -0.1) is 0 Å². The van der Waals surface area contributed by atoms with E-state index >= 15 is 0 Å². The minimum absolute atomic E-state index is 0.0499. The molecule has 0 saturated carbocycles. The zero-order valence-corrected chi connectivity index (χ0v) is 13.5. The van der Waals surface area contributed by atoms with Gasteiger partial charge in [-0.05, 0) is 31.2 Å². The van der Waals surface area contributed by atoms with Crippen LogP contribution in [0.2, 0.25) is 0 Å². The predicted molar refractivity (Wildman–Crippen MR) is 87.1 cm³/mol. The summed E-state index contributed by atoms with van der Waals surface area (Å²) in [6.07, 6.45) is 3.38. The van der Waals surface area contributed by atoms with Crippen LogP contribution >= 0.6 is 11.8 Å². The van der Waals surface area contributed by atoms with Crippen molar-refractivity contribution < 1.29 is 14.0 Å². The maximum absolute atomic E-state index is 12.6. The van der Waals surface area contributed by atoms with Gasteiger partial charge in [0.05, 0.1) is 23.7 Å². The van der Waals surface area contributed by atoms with E-state index in [-0.39, 0.29) is 18.2 Å². The quantitative estimate of drug-likeness (QED) is 0.909. The van der Waals surface area contributed by atoms with Crippen LogP contribution in [0.5, 0.6) is 0 Å². The van der Waals surface area contributed by atoms with Crippen LogP contribution in [-0.4, -0.2) is 28.6 Å². The van der Waals surface area contributed by atoms with Crippen LogP contribution in [0.15, 0.2) is 46.2 Å². The fourth-order valence-electron chi connectivity index (χ4n) is 2.45. The lowest BCUT2D eigenvalue weighted by molar-refractivity contribution is -0.125. The van der Waals surface area contributed by atoms with Crippen molar-refractivity contribution in [3.05, 3.63) is 42.5 Å². The number of fused-ring (bicyclic) bond motifs is 1. The molecule has 2 amide bonds. The van der Waals surface area contributed by atoms with Crippen molar-refractivity contribution in [2.24, 2.45) is 0 Å². The Morgan fingerprint density at radius 3 is 3.04 bits per heavy atom. The molecule has 2 aromatic heterocycles. The molecule has 23 heavy (non-hydrogen) atoms. The number of nitrogens with one attached hydrogen (secondary N) is 1. The highest BCUT2D eigenvalue weighted by Crippen LogP contribution is 2.38. The molecule has 7 heteroatoms. The molecule has 0 radical (unpaired) electrons. The summed E-state index contributed by atoms with van der Waals surface area (Å²) in [5.74, 6) is 0.456. The Kier molecular flexibility index (Phi) is 4.66. The fourth-order valence-corrected chi connectivity index (χ4v) is 3.60. The number of carbonyl (C=O) groups is 2. The van der Waals surface area contributed by atoms with Crippen LogP contribution < -0.4 is 10.2 Å². The first-order valence-electron chi connectivity index (χ1n) is 7.41. The first-order chi connectivity index (χ1) is 11.2. The Hall–Kier alpha value is -2.28. The summed E-state index contributed by atoms with van der Waals surface area (Å²) >= 11 is 1.35. The minimum atomic E-state index is -0.450. The van der Waals surface area contributed by atoms with Gasteiger partial charge < -0.3 is 14.6 Å². The maximum atomic E-state index is 12.6. The normalized spacial score (nSPS) is 17.0. The number of hydrogen-bond donors (Lipinski definition) is 1. The second kappa shape index (κ2) is 6.87. The van der Waals surface area contributed by atoms with E-state index in [0.29, 0.717) is 18.8 Å². The van der Waals surface area contributed by atoms with Crippen molar-refractivity contribution in [3.8, 4) is 0 Å². The highest BCUT2D eigenvalue weighted by Gasteiger charge is 2.34. The summed E-state index contributed by atoms with van der Waals surface area (Å²) in [4.78, 5) is 30.7. The summed E-state index contributed by atoms with van der Waals surface area (Å²) in [5, 5.41) is 3.11. The molecule has 120 valence electrons. The number of furan rings is 1. The monoisotopic (exact) mass is 331 g/mol. The van der Waals surface area contributed by atoms with E-state index in [9.17, 15) is 9.59 Å². The molecule has 0 bridgehead atoms. The molecule has 6 nitrogen and oxygen atoms in total. The number of hydrogen-bond acceptors (Lipinski definition) is 5. The molecule has 0 spiro atoms. The lowest BCUT2D eigenvalue weighted by Gasteiger charge is -2.31. The zero-order chi connectivity index (χ0) is 16.2. The molecule has 3 heterocycles. The van der Waals surface area contributed by atoms with Gasteiger partial charge in [0.25, 0.3) is 0 Å². The standard InChI is InChI=1S/C16H17N3O3S/c1-2-19-12-6-3-7-17-15(12)23-13(16(19)21)9-14(20)18-10-11-5-4-8-22-11/h3-8,13H,2,9-10H2,1H3,(H,18,20). The number of nitrogens with zero attached hydrogens (tertiary/aromatic N) is 2. The molecule has 0 aliphatic carbocycles. The van der Waals surface area contributed by atoms with Gasteiger partial charge in [0, 0.05) is 19.2 Å². The second-order valence-corrected chi connectivity index (χ2v) is 6.27. The lowest BCUT2D eigenvalue weighted by Crippen LogP contribution is -2.43. The van der Waals surface area contributed by atoms with Crippen LogP contribution in [0.1, 0.15) is 19.1 Å². The van der Waals surface area contributed by atoms with Crippen LogP contribution in [0.4, 0.5) is 5.69 Å². The Labute approximate surface area is 138 Å². The van der Waals surface area contributed by atoms with Crippen LogP contribution in [0.25, 0.3) is 0 Å². The van der Waals surface area contributed by atoms with Gasteiger partial charge in [-0.1, -0.05) is 11.8 Å². The summed E-state index contributed by atoms with van der Waals surface area (Å²) in [6, 6.07) is 7.25. The smallest absolute Gasteiger partial charge is 0.241 e. The molecule has 1 aliphatic rings. The molecule has 3 rings (SSSR count). The molecule has 1 aliphatic heterocycles. The first kappa shape index (κ1) is 15.6. The zero-order valence-electron chi connectivity index (χ0n) is 12.7. The SMILES string of the molecule is CCN1C(=O)C(CC(=O)NCc2ccco2)Sc2ncccc21. The van der Waals surface area contributed by atoms with Crippen LogP contribution in [-0.2, 0) is 16.1 Å². The number of anilines is 1. The summed E-state index contributed by atoms with van der Waals surface area (Å²) in [6.45, 7) is 2.80. The second-order valence-electron chi connectivity index (χ2n) is 5.08. The third-order valence-electron chi connectivity index (χ3n) is 3.56. The number of amides is 2. The van der Waals surface area contributed by atoms with E-state index in [1.54, 1.807) is 29.5 Å². The summed E-state index contributed by atoms with van der Waals surface area (Å²) < 4.78 is 5.17. The average molecular weight is 331 g/mol. The van der Waals surface area contributed by atoms with Crippen molar-refractivity contribution >= 4 is 29.3 Å². The number of aromatic nitrogens is 1. The molecular weight excluding hydrogens is 314 g/mol. The maximum Gasteiger partial charge on any atom is 0.241 e. The van der Waals surface area contributed by atoms with Gasteiger partial charge in [0.15, 0.2) is 0 Å². The number of thioether (sulfide) groups is 1. The average Bonchev–Trinajstić information content (AvgIpc) is 3.07. The van der Waals surface area contributed by atoms with Gasteiger partial charge in [-0.25, -0.2) is 4.98 Å². The molecule has 1 atom stereocenters. The number of rotatable bonds is 5. The topological polar surface area (TPSA) is 75.4 Å². The van der Waals surface area contributed by atoms with E-state index in [4.69, 9.17) is 4.42 Å². The van der Waals surface area contributed by atoms with E-state index in [1.807, 2.05) is 19.1 Å². The number of pyridine rings is 1. The summed E-state index contributed by atoms with van der Waals surface area (Å²) in [5.41, 5.74) is 0.817. The molecule has 0 saturated heterocycles. The third kappa shape index (κ3) is 3.39. The predicted octanol–water partition coefficient (Wildman–Crippen LogP) is 2.21. The minimum Gasteiger partial charge on any atom is -0.467 e. The molecule has 2 aromatic rings. The van der Waals surface area contributed by atoms with Gasteiger partial charge >= 0.3 is 0 Å². The molecule has 1 N–H and O–H groups in total. The van der Waals surface area contributed by atoms with E-state index < -0.39 is 5.25 Å². The summed E-state index contributed by atoms with van der Waals surface area (Å²) in [7, 11) is 0. The number of carbonyl (C=O) groups excluding carboxylic acids is 2. The molecule has 0 fully saturated rings. The third-order valence-corrected chi connectivity index (χ3v) is 4.75. The molecule has 0 aromatic carbocycles. The van der Waals surface area contributed by atoms with Gasteiger partial charge in [-0.3, -0.25) is 9.59 Å². The largest absolute Gasteiger partial charge is 0.467 e. The van der Waals surface area contributed by atoms with E-state index in [1.165, 1.54) is 11.8 Å². The first-order valence-corrected chi connectivity index (χ1v) is 8.29. The molecular formula is C16H17N3O3S. The van der Waals surface area contributed by atoms with Gasteiger partial charge in [0.1, 0.15) is 10.8 Å². The Morgan fingerprint density at radius 2 is 2.30 bits per heavy atom. The lowest BCUT2D eigenvalue weighted by atomic mass is 10.2. The van der Waals surface area contributed by atoms with Crippen molar-refractivity contribution in [1.29, 1.82) is 0 Å². The van der Waals surface area contributed by atoms with Crippen molar-refractivity contribution in [2.45, 2.75) is 30.2 Å².